The molecule has 0 aliphatic carbocycles. The van der Waals surface area contributed by atoms with Gasteiger partial charge in [0.25, 0.3) is 16.8 Å². The Balaban J connectivity index is 2.06. The van der Waals surface area contributed by atoms with E-state index >= 15 is 0 Å². The highest BCUT2D eigenvalue weighted by atomic mass is 35.5. The van der Waals surface area contributed by atoms with Gasteiger partial charge in [-0.3, -0.25) is 19.3 Å². The molecule has 0 aromatic heterocycles. The number of nitrogens with one attached hydrogen (secondary N) is 1. The summed E-state index contributed by atoms with van der Waals surface area (Å²) in [4.78, 5) is 53.0. The molecule has 1 aliphatic heterocycles. The molecule has 1 aliphatic rings. The minimum absolute atomic E-state index is 0.0466. The Morgan fingerprint density at radius 1 is 1.03 bits per heavy atom. The quantitative estimate of drug-likeness (QED) is 0.236. The minimum atomic E-state index is -2.69. The van der Waals surface area contributed by atoms with Crippen molar-refractivity contribution in [3.05, 3.63) is 66.2 Å². The number of rotatable bonds is 9. The van der Waals surface area contributed by atoms with Crippen molar-refractivity contribution in [1.29, 1.82) is 0 Å². The van der Waals surface area contributed by atoms with Gasteiger partial charge in [0.15, 0.2) is 5.78 Å². The van der Waals surface area contributed by atoms with Crippen LogP contribution in [0.25, 0.3) is 0 Å². The van der Waals surface area contributed by atoms with Gasteiger partial charge in [0.2, 0.25) is 6.23 Å². The van der Waals surface area contributed by atoms with Crippen molar-refractivity contribution in [2.75, 3.05) is 18.5 Å². The third-order valence-electron chi connectivity index (χ3n) is 5.34. The van der Waals surface area contributed by atoms with E-state index < -0.39 is 46.9 Å². The van der Waals surface area contributed by atoms with Gasteiger partial charge in [-0.15, -0.1) is 0 Å². The predicted octanol–water partition coefficient (Wildman–Crippen LogP) is 2.97. The van der Waals surface area contributed by atoms with Crippen LogP contribution in [0.5, 0.6) is 0 Å². The molecule has 9 nitrogen and oxygen atoms in total. The topological polar surface area (TPSA) is 116 Å². The van der Waals surface area contributed by atoms with Gasteiger partial charge in [-0.05, 0) is 17.7 Å². The number of amides is 4. The first-order valence-corrected chi connectivity index (χ1v) is 11.4. The normalized spacial score (nSPS) is 17.9. The first kappa shape index (κ1) is 26.3. The largest absolute Gasteiger partial charge is 0.394 e. The Bertz CT molecular complexity index is 1090. The molecule has 2 atom stereocenters. The highest BCUT2D eigenvalue weighted by Gasteiger charge is 2.63. The van der Waals surface area contributed by atoms with Crippen LogP contribution >= 0.6 is 11.6 Å². The molecule has 2 unspecified atom stereocenters. The Kier molecular flexibility index (Phi) is 7.94. The molecule has 0 saturated carbocycles. The summed E-state index contributed by atoms with van der Waals surface area (Å²) in [6.07, 6.45) is -1.48. The second-order valence-electron chi connectivity index (χ2n) is 9.04. The van der Waals surface area contributed by atoms with Crippen LogP contribution in [-0.2, 0) is 25.7 Å². The van der Waals surface area contributed by atoms with Gasteiger partial charge in [0.1, 0.15) is 0 Å². The van der Waals surface area contributed by atoms with Crippen LogP contribution in [0.2, 0.25) is 0 Å². The number of hydrogen-bond acceptors (Lipinski definition) is 6. The van der Waals surface area contributed by atoms with Gasteiger partial charge in [-0.1, -0.05) is 80.9 Å². The number of ketones is 1. The molecule has 1 fully saturated rings. The van der Waals surface area contributed by atoms with Crippen molar-refractivity contribution in [2.45, 2.75) is 38.5 Å². The molecule has 2 N–H and O–H groups in total. The van der Waals surface area contributed by atoms with Crippen molar-refractivity contribution in [3.63, 3.8) is 0 Å². The number of hydrogen-bond donors (Lipinski definition) is 2. The van der Waals surface area contributed by atoms with Crippen molar-refractivity contribution in [1.82, 2.24) is 9.80 Å². The van der Waals surface area contributed by atoms with Crippen LogP contribution in [0.4, 0.5) is 10.5 Å². The predicted molar refractivity (Wildman–Crippen MR) is 129 cm³/mol. The molecule has 0 spiro atoms. The summed E-state index contributed by atoms with van der Waals surface area (Å²) in [6.45, 7) is 3.91. The minimum Gasteiger partial charge on any atom is -0.394 e. The molecule has 1 heterocycles. The number of benzene rings is 2. The molecule has 0 bridgehead atoms. The number of nitrogens with zero attached hydrogens (tertiary/aromatic N) is 2. The second-order valence-corrected chi connectivity index (χ2v) is 9.58. The maximum atomic E-state index is 13.6. The smallest absolute Gasteiger partial charge is 0.331 e. The lowest BCUT2D eigenvalue weighted by Crippen LogP contribution is -2.63. The number of halogens is 1. The number of aliphatic hydroxyl groups excluding tert-OH is 1. The number of ether oxygens (including phenoxy) is 1. The summed E-state index contributed by atoms with van der Waals surface area (Å²) >= 11 is 6.73. The Hall–Kier alpha value is -3.27. The fourth-order valence-electron chi connectivity index (χ4n) is 3.65. The summed E-state index contributed by atoms with van der Waals surface area (Å²) < 4.78 is 5.47. The van der Waals surface area contributed by atoms with E-state index in [9.17, 15) is 24.3 Å². The number of carbonyl (C=O) groups excluding carboxylic acids is 4. The second kappa shape index (κ2) is 10.6. The maximum Gasteiger partial charge on any atom is 0.331 e. The van der Waals surface area contributed by atoms with Crippen LogP contribution in [0, 0.1) is 5.41 Å². The number of anilines is 1. The number of alkyl halides is 1. The average molecular weight is 502 g/mol. The molecular formula is C25H28ClN3O6. The molecule has 2 aromatic rings. The molecule has 35 heavy (non-hydrogen) atoms. The maximum absolute atomic E-state index is 13.6. The molecule has 4 amide bonds. The summed E-state index contributed by atoms with van der Waals surface area (Å²) in [5.41, 5.74) is -0.174. The van der Waals surface area contributed by atoms with E-state index in [0.717, 1.165) is 4.90 Å². The van der Waals surface area contributed by atoms with Crippen LogP contribution in [-0.4, -0.2) is 63.0 Å². The highest BCUT2D eigenvalue weighted by molar-refractivity contribution is 6.50. The number of para-hydroxylation sites is 1. The zero-order chi connectivity index (χ0) is 25.8. The standard InChI is InChI=1S/C25H28ClN3O6/c1-24(2,3)21(32)25(26,22(33)27-18-12-8-5-9-13-18)29-19(31)20(35-15-14-30)28(23(29)34)16-17-10-6-4-7-11-17/h4-13,20,30H,14-16H2,1-3H3,(H,27,33). The van der Waals surface area contributed by atoms with E-state index in [1.807, 2.05) is 0 Å². The van der Waals surface area contributed by atoms with Crippen LogP contribution in [0.3, 0.4) is 0 Å². The average Bonchev–Trinajstić information content (AvgIpc) is 3.06. The van der Waals surface area contributed by atoms with E-state index in [2.05, 4.69) is 5.32 Å². The molecule has 10 heteroatoms. The fraction of sp³-hybridized carbons (Fsp3) is 0.360. The van der Waals surface area contributed by atoms with E-state index in [1.165, 1.54) is 20.8 Å². The summed E-state index contributed by atoms with van der Waals surface area (Å²) in [5.74, 6) is -2.87. The highest BCUT2D eigenvalue weighted by Crippen LogP contribution is 2.38. The number of urea groups is 1. The fourth-order valence-corrected chi connectivity index (χ4v) is 4.13. The molecule has 2 aromatic carbocycles. The van der Waals surface area contributed by atoms with Gasteiger partial charge in [0, 0.05) is 11.1 Å². The van der Waals surface area contributed by atoms with Gasteiger partial charge in [0.05, 0.1) is 19.8 Å². The Morgan fingerprint density at radius 2 is 1.60 bits per heavy atom. The number of aliphatic hydroxyl groups is 1. The third kappa shape index (κ3) is 5.37. The van der Waals surface area contributed by atoms with Gasteiger partial charge < -0.3 is 15.2 Å². The van der Waals surface area contributed by atoms with E-state index in [1.54, 1.807) is 60.7 Å². The summed E-state index contributed by atoms with van der Waals surface area (Å²) in [7, 11) is 0. The lowest BCUT2D eigenvalue weighted by atomic mass is 9.85. The first-order valence-electron chi connectivity index (χ1n) is 11.0. The SMILES string of the molecule is CC(C)(C)C(=O)C(Cl)(C(=O)Nc1ccccc1)N1C(=O)C(OCCO)N(Cc2ccccc2)C1=O. The molecule has 1 saturated heterocycles. The number of carbonyl (C=O) groups is 4. The monoisotopic (exact) mass is 501 g/mol. The lowest BCUT2D eigenvalue weighted by molar-refractivity contribution is -0.152. The third-order valence-corrected chi connectivity index (χ3v) is 5.85. The molecule has 0 radical (unpaired) electrons. The Morgan fingerprint density at radius 3 is 2.14 bits per heavy atom. The molecule has 186 valence electrons. The molecular weight excluding hydrogens is 474 g/mol. The summed E-state index contributed by atoms with van der Waals surface area (Å²) in [5, 5.41) is 11.8. The van der Waals surface area contributed by atoms with Gasteiger partial charge >= 0.3 is 6.03 Å². The van der Waals surface area contributed by atoms with Crippen LogP contribution in [0.1, 0.15) is 26.3 Å². The van der Waals surface area contributed by atoms with Crippen molar-refractivity contribution in [3.8, 4) is 0 Å². The van der Waals surface area contributed by atoms with Crippen LogP contribution < -0.4 is 5.32 Å². The van der Waals surface area contributed by atoms with Crippen molar-refractivity contribution < 1.29 is 29.0 Å². The van der Waals surface area contributed by atoms with Gasteiger partial charge in [-0.25, -0.2) is 9.69 Å². The van der Waals surface area contributed by atoms with Gasteiger partial charge in [-0.2, -0.15) is 0 Å². The zero-order valence-corrected chi connectivity index (χ0v) is 20.5. The van der Waals surface area contributed by atoms with E-state index in [4.69, 9.17) is 16.3 Å². The molecule has 3 rings (SSSR count). The van der Waals surface area contributed by atoms with Crippen molar-refractivity contribution >= 4 is 40.9 Å². The zero-order valence-electron chi connectivity index (χ0n) is 19.7. The van der Waals surface area contributed by atoms with E-state index in [-0.39, 0.29) is 13.2 Å². The van der Waals surface area contributed by atoms with Crippen molar-refractivity contribution in [2.24, 2.45) is 5.41 Å². The van der Waals surface area contributed by atoms with E-state index in [0.29, 0.717) is 16.2 Å². The Labute approximate surface area is 208 Å². The first-order chi connectivity index (χ1) is 16.5. The lowest BCUT2D eigenvalue weighted by Gasteiger charge is -2.35. The summed E-state index contributed by atoms with van der Waals surface area (Å²) in [6, 6.07) is 16.1. The number of imide groups is 1. The van der Waals surface area contributed by atoms with Crippen LogP contribution in [0.15, 0.2) is 60.7 Å². The number of Topliss-reactive ketones (excluding diaryl/α,β-unsaturated/α-hetero) is 1.